The van der Waals surface area contributed by atoms with Gasteiger partial charge in [-0.15, -0.1) is 0 Å². The molecule has 0 aromatic heterocycles. The molecular weight excluding hydrogens is 258 g/mol. The number of anilines is 1. The van der Waals surface area contributed by atoms with Gasteiger partial charge in [0.05, 0.1) is 5.02 Å². The Morgan fingerprint density at radius 2 is 2.29 bits per heavy atom. The van der Waals surface area contributed by atoms with Crippen LogP contribution in [0.1, 0.15) is 5.56 Å². The molecule has 0 unspecified atom stereocenters. The number of nitrogens with two attached hydrogens (primary N) is 1. The monoisotopic (exact) mass is 273 g/mol. The second-order valence-electron chi connectivity index (χ2n) is 3.56. The summed E-state index contributed by atoms with van der Waals surface area (Å²) in [4.78, 5) is 2.11. The lowest BCUT2D eigenvalue weighted by Crippen LogP contribution is -2.20. The number of thioether (sulfide) groups is 1. The van der Waals surface area contributed by atoms with Crippen molar-refractivity contribution in [3.05, 3.63) is 28.8 Å². The molecule has 0 radical (unpaired) electrons. The molecule has 1 rings (SSSR count). The van der Waals surface area contributed by atoms with E-state index in [0.29, 0.717) is 10.6 Å². The van der Waals surface area contributed by atoms with Gasteiger partial charge in [0.15, 0.2) is 5.84 Å². The van der Waals surface area contributed by atoms with Gasteiger partial charge < -0.3 is 15.8 Å². The quantitative estimate of drug-likeness (QED) is 0.374. The second-order valence-corrected chi connectivity index (χ2v) is 4.96. The topological polar surface area (TPSA) is 61.8 Å². The highest BCUT2D eigenvalue weighted by molar-refractivity contribution is 7.98. The molecule has 1 aromatic carbocycles. The zero-order valence-electron chi connectivity index (χ0n) is 9.85. The number of rotatable bonds is 5. The van der Waals surface area contributed by atoms with Gasteiger partial charge in [-0.3, -0.25) is 0 Å². The fourth-order valence-electron chi connectivity index (χ4n) is 1.36. The molecule has 17 heavy (non-hydrogen) atoms. The lowest BCUT2D eigenvalue weighted by molar-refractivity contribution is 0.318. The van der Waals surface area contributed by atoms with Crippen molar-refractivity contribution in [3.63, 3.8) is 0 Å². The van der Waals surface area contributed by atoms with Gasteiger partial charge in [-0.05, 0) is 24.5 Å². The second kappa shape index (κ2) is 6.61. The van der Waals surface area contributed by atoms with Crippen LogP contribution in [0.5, 0.6) is 0 Å². The number of oxime groups is 1. The van der Waals surface area contributed by atoms with E-state index in [9.17, 15) is 0 Å². The van der Waals surface area contributed by atoms with Crippen molar-refractivity contribution in [2.24, 2.45) is 10.9 Å². The number of benzene rings is 1. The average Bonchev–Trinajstić information content (AvgIpc) is 2.34. The van der Waals surface area contributed by atoms with Crippen LogP contribution < -0.4 is 10.6 Å². The van der Waals surface area contributed by atoms with E-state index in [2.05, 4.69) is 16.3 Å². The van der Waals surface area contributed by atoms with Crippen LogP contribution in [-0.2, 0) is 0 Å². The van der Waals surface area contributed by atoms with E-state index < -0.39 is 0 Å². The van der Waals surface area contributed by atoms with Gasteiger partial charge in [0.1, 0.15) is 0 Å². The van der Waals surface area contributed by atoms with Crippen molar-refractivity contribution >= 4 is 34.9 Å². The van der Waals surface area contributed by atoms with E-state index in [0.717, 1.165) is 18.0 Å². The standard InChI is InChI=1S/C11H16ClN3OS/c1-15(5-6-17-2)8-3-4-9(10(12)7-8)11(13)14-16/h3-4,7,16H,5-6H2,1-2H3,(H2,13,14). The molecule has 3 N–H and O–H groups in total. The van der Waals surface area contributed by atoms with Crippen LogP contribution in [0.4, 0.5) is 5.69 Å². The largest absolute Gasteiger partial charge is 0.409 e. The average molecular weight is 274 g/mol. The maximum absolute atomic E-state index is 8.60. The third kappa shape index (κ3) is 3.71. The van der Waals surface area contributed by atoms with Crippen molar-refractivity contribution in [3.8, 4) is 0 Å². The summed E-state index contributed by atoms with van der Waals surface area (Å²) < 4.78 is 0. The molecular formula is C11H16ClN3OS. The van der Waals surface area contributed by atoms with Crippen molar-refractivity contribution in [2.45, 2.75) is 0 Å². The van der Waals surface area contributed by atoms with Gasteiger partial charge in [-0.25, -0.2) is 0 Å². The van der Waals surface area contributed by atoms with Gasteiger partial charge in [0, 0.05) is 30.6 Å². The molecule has 6 heteroatoms. The van der Waals surface area contributed by atoms with Gasteiger partial charge in [-0.2, -0.15) is 11.8 Å². The fraction of sp³-hybridized carbons (Fsp3) is 0.364. The highest BCUT2D eigenvalue weighted by Crippen LogP contribution is 2.23. The Morgan fingerprint density at radius 1 is 1.59 bits per heavy atom. The first kappa shape index (κ1) is 14.0. The van der Waals surface area contributed by atoms with Crippen LogP contribution in [0.15, 0.2) is 23.4 Å². The highest BCUT2D eigenvalue weighted by Gasteiger charge is 2.08. The van der Waals surface area contributed by atoms with E-state index in [4.69, 9.17) is 22.5 Å². The van der Waals surface area contributed by atoms with E-state index in [1.165, 1.54) is 0 Å². The fourth-order valence-corrected chi connectivity index (χ4v) is 2.09. The minimum atomic E-state index is 0.0216. The summed E-state index contributed by atoms with van der Waals surface area (Å²) in [5.74, 6) is 1.07. The maximum atomic E-state index is 8.60. The first-order valence-electron chi connectivity index (χ1n) is 5.07. The van der Waals surface area contributed by atoms with Crippen LogP contribution in [0.2, 0.25) is 5.02 Å². The van der Waals surface area contributed by atoms with Crippen molar-refractivity contribution in [2.75, 3.05) is 30.5 Å². The number of hydrogen-bond acceptors (Lipinski definition) is 4. The first-order valence-corrected chi connectivity index (χ1v) is 6.85. The summed E-state index contributed by atoms with van der Waals surface area (Å²) in [5.41, 5.74) is 7.05. The van der Waals surface area contributed by atoms with E-state index in [1.807, 2.05) is 19.2 Å². The molecule has 0 saturated heterocycles. The summed E-state index contributed by atoms with van der Waals surface area (Å²) in [7, 11) is 2.01. The minimum absolute atomic E-state index is 0.0216. The van der Waals surface area contributed by atoms with Crippen LogP contribution in [0, 0.1) is 0 Å². The summed E-state index contributed by atoms with van der Waals surface area (Å²) in [6.07, 6.45) is 2.07. The van der Waals surface area contributed by atoms with Crippen LogP contribution in [0.25, 0.3) is 0 Å². The molecule has 0 atom stereocenters. The smallest absolute Gasteiger partial charge is 0.171 e. The molecule has 0 aliphatic carbocycles. The molecule has 0 amide bonds. The Labute approximate surface area is 110 Å². The lowest BCUT2D eigenvalue weighted by atomic mass is 10.2. The number of halogens is 1. The molecule has 0 heterocycles. The molecule has 0 saturated carbocycles. The Morgan fingerprint density at radius 3 is 2.82 bits per heavy atom. The lowest BCUT2D eigenvalue weighted by Gasteiger charge is -2.19. The molecule has 94 valence electrons. The number of hydrogen-bond donors (Lipinski definition) is 2. The Kier molecular flexibility index (Phi) is 5.44. The molecule has 0 spiro atoms. The Balaban J connectivity index is 2.88. The number of nitrogens with zero attached hydrogens (tertiary/aromatic N) is 2. The third-order valence-corrected chi connectivity index (χ3v) is 3.31. The number of amidine groups is 1. The van der Waals surface area contributed by atoms with Crippen molar-refractivity contribution < 1.29 is 5.21 Å². The van der Waals surface area contributed by atoms with E-state index >= 15 is 0 Å². The normalized spacial score (nSPS) is 11.6. The van der Waals surface area contributed by atoms with E-state index in [1.54, 1.807) is 17.8 Å². The van der Waals surface area contributed by atoms with Gasteiger partial charge in [0.2, 0.25) is 0 Å². The zero-order valence-corrected chi connectivity index (χ0v) is 11.4. The Bertz CT molecular complexity index is 412. The third-order valence-electron chi connectivity index (χ3n) is 2.41. The molecule has 4 nitrogen and oxygen atoms in total. The Hall–Kier alpha value is -1.07. The highest BCUT2D eigenvalue weighted by atomic mass is 35.5. The molecule has 0 fully saturated rings. The maximum Gasteiger partial charge on any atom is 0.171 e. The molecule has 0 aliphatic heterocycles. The molecule has 0 aliphatic rings. The summed E-state index contributed by atoms with van der Waals surface area (Å²) in [6.45, 7) is 0.945. The molecule has 0 bridgehead atoms. The predicted octanol–water partition coefficient (Wildman–Crippen LogP) is 2.23. The summed E-state index contributed by atoms with van der Waals surface area (Å²) in [6, 6.07) is 5.47. The van der Waals surface area contributed by atoms with Crippen molar-refractivity contribution in [1.82, 2.24) is 0 Å². The molecule has 1 aromatic rings. The van der Waals surface area contributed by atoms with Crippen LogP contribution in [0.3, 0.4) is 0 Å². The van der Waals surface area contributed by atoms with E-state index in [-0.39, 0.29) is 5.84 Å². The summed E-state index contributed by atoms with van der Waals surface area (Å²) in [5, 5.41) is 12.0. The first-order chi connectivity index (χ1) is 8.10. The minimum Gasteiger partial charge on any atom is -0.409 e. The van der Waals surface area contributed by atoms with Crippen molar-refractivity contribution in [1.29, 1.82) is 0 Å². The zero-order chi connectivity index (χ0) is 12.8. The van der Waals surface area contributed by atoms with Crippen LogP contribution >= 0.6 is 23.4 Å². The van der Waals surface area contributed by atoms with Crippen LogP contribution in [-0.4, -0.2) is 36.6 Å². The van der Waals surface area contributed by atoms with Gasteiger partial charge >= 0.3 is 0 Å². The summed E-state index contributed by atoms with van der Waals surface area (Å²) >= 11 is 7.87. The SMILES string of the molecule is CSCCN(C)c1ccc(/C(N)=N/O)c(Cl)c1. The van der Waals surface area contributed by atoms with Gasteiger partial charge in [0.25, 0.3) is 0 Å². The predicted molar refractivity (Wildman–Crippen MR) is 75.6 cm³/mol. The van der Waals surface area contributed by atoms with Gasteiger partial charge in [-0.1, -0.05) is 16.8 Å².